The summed E-state index contributed by atoms with van der Waals surface area (Å²) in [7, 11) is -3.25. The van der Waals surface area contributed by atoms with E-state index in [0.29, 0.717) is 5.92 Å². The van der Waals surface area contributed by atoms with Crippen molar-refractivity contribution in [1.29, 1.82) is 0 Å². The third kappa shape index (κ3) is 4.54. The van der Waals surface area contributed by atoms with Crippen LogP contribution < -0.4 is 10.0 Å². The SMILES string of the molecule is CC(C)(C)S(=O)(=O)NC1CCC(CNc2ccc3ccsc3c2)CC1. The molecule has 0 atom stereocenters. The second-order valence-electron chi connectivity index (χ2n) is 8.01. The summed E-state index contributed by atoms with van der Waals surface area (Å²) in [6, 6.07) is 8.74. The van der Waals surface area contributed by atoms with E-state index in [4.69, 9.17) is 0 Å². The number of rotatable bonds is 5. The standard InChI is InChI=1S/C19H28N2O2S2/c1-19(2,3)25(22,23)21-16-7-4-14(5-8-16)13-20-17-9-6-15-10-11-24-18(15)12-17/h6,9-12,14,16,20-21H,4-5,7-8,13H2,1-3H3. The Morgan fingerprint density at radius 2 is 1.84 bits per heavy atom. The maximum absolute atomic E-state index is 12.3. The number of benzene rings is 1. The lowest BCUT2D eigenvalue weighted by molar-refractivity contribution is 0.322. The van der Waals surface area contributed by atoms with Crippen LogP contribution in [0.15, 0.2) is 29.6 Å². The first kappa shape index (κ1) is 18.7. The van der Waals surface area contributed by atoms with Crippen LogP contribution in [-0.2, 0) is 10.0 Å². The maximum atomic E-state index is 12.3. The molecule has 3 rings (SSSR count). The van der Waals surface area contributed by atoms with Gasteiger partial charge in [-0.05, 0) is 81.3 Å². The van der Waals surface area contributed by atoms with Crippen molar-refractivity contribution < 1.29 is 8.42 Å². The van der Waals surface area contributed by atoms with Gasteiger partial charge in [0.1, 0.15) is 0 Å². The lowest BCUT2D eigenvalue weighted by Gasteiger charge is -2.31. The van der Waals surface area contributed by atoms with Gasteiger partial charge in [0.25, 0.3) is 0 Å². The molecule has 1 fully saturated rings. The van der Waals surface area contributed by atoms with E-state index in [1.54, 1.807) is 32.1 Å². The Balaban J connectivity index is 1.48. The van der Waals surface area contributed by atoms with E-state index in [2.05, 4.69) is 39.7 Å². The molecule has 0 amide bonds. The number of hydrogen-bond acceptors (Lipinski definition) is 4. The second kappa shape index (κ2) is 7.25. The van der Waals surface area contributed by atoms with Crippen molar-refractivity contribution in [2.75, 3.05) is 11.9 Å². The summed E-state index contributed by atoms with van der Waals surface area (Å²) in [5.41, 5.74) is 1.17. The first-order chi connectivity index (χ1) is 11.7. The summed E-state index contributed by atoms with van der Waals surface area (Å²) >= 11 is 1.77. The summed E-state index contributed by atoms with van der Waals surface area (Å²) in [5, 5.41) is 6.96. The molecule has 0 bridgehead atoms. The Labute approximate surface area is 155 Å². The summed E-state index contributed by atoms with van der Waals surface area (Å²) in [6.07, 6.45) is 3.97. The molecule has 25 heavy (non-hydrogen) atoms. The molecule has 1 aromatic heterocycles. The van der Waals surface area contributed by atoms with Gasteiger partial charge in [0.2, 0.25) is 10.0 Å². The molecule has 6 heteroatoms. The zero-order valence-corrected chi connectivity index (χ0v) is 16.8. The van der Waals surface area contributed by atoms with E-state index < -0.39 is 14.8 Å². The van der Waals surface area contributed by atoms with Gasteiger partial charge >= 0.3 is 0 Å². The van der Waals surface area contributed by atoms with Crippen molar-refractivity contribution >= 4 is 37.1 Å². The summed E-state index contributed by atoms with van der Waals surface area (Å²) in [5.74, 6) is 0.606. The molecule has 0 saturated heterocycles. The van der Waals surface area contributed by atoms with E-state index in [-0.39, 0.29) is 6.04 Å². The number of thiophene rings is 1. The molecule has 0 spiro atoms. The number of sulfonamides is 1. The van der Waals surface area contributed by atoms with Crippen molar-refractivity contribution in [1.82, 2.24) is 4.72 Å². The van der Waals surface area contributed by atoms with E-state index in [1.807, 2.05) is 0 Å². The molecular formula is C19H28N2O2S2. The average Bonchev–Trinajstić information content (AvgIpc) is 3.00. The summed E-state index contributed by atoms with van der Waals surface area (Å²) < 4.78 is 28.0. The summed E-state index contributed by atoms with van der Waals surface area (Å²) in [4.78, 5) is 0. The lowest BCUT2D eigenvalue weighted by atomic mass is 9.86. The van der Waals surface area contributed by atoms with Gasteiger partial charge < -0.3 is 5.32 Å². The molecule has 1 aliphatic carbocycles. The van der Waals surface area contributed by atoms with E-state index in [0.717, 1.165) is 32.2 Å². The minimum absolute atomic E-state index is 0.0861. The van der Waals surface area contributed by atoms with Crippen LogP contribution in [0.25, 0.3) is 10.1 Å². The third-order valence-electron chi connectivity index (χ3n) is 5.03. The van der Waals surface area contributed by atoms with Crippen LogP contribution in [0.5, 0.6) is 0 Å². The Morgan fingerprint density at radius 3 is 2.52 bits per heavy atom. The topological polar surface area (TPSA) is 58.2 Å². The molecule has 1 aromatic carbocycles. The molecule has 1 heterocycles. The molecule has 1 aliphatic rings. The van der Waals surface area contributed by atoms with E-state index in [1.165, 1.54) is 15.8 Å². The highest BCUT2D eigenvalue weighted by Gasteiger charge is 2.32. The van der Waals surface area contributed by atoms with Gasteiger partial charge in [-0.25, -0.2) is 13.1 Å². The largest absolute Gasteiger partial charge is 0.385 e. The van der Waals surface area contributed by atoms with E-state index >= 15 is 0 Å². The Bertz CT molecular complexity index is 813. The fraction of sp³-hybridized carbons (Fsp3) is 0.579. The van der Waals surface area contributed by atoms with Crippen LogP contribution in [0.3, 0.4) is 0 Å². The fourth-order valence-corrected chi connectivity index (χ4v) is 5.06. The van der Waals surface area contributed by atoms with Gasteiger partial charge in [0.05, 0.1) is 4.75 Å². The molecule has 138 valence electrons. The fourth-order valence-electron chi connectivity index (χ4n) is 3.21. The molecule has 0 aliphatic heterocycles. The maximum Gasteiger partial charge on any atom is 0.216 e. The average molecular weight is 381 g/mol. The zero-order chi connectivity index (χ0) is 18.1. The predicted octanol–water partition coefficient (Wildman–Crippen LogP) is 4.59. The molecule has 2 aromatic rings. The van der Waals surface area contributed by atoms with Crippen molar-refractivity contribution in [3.8, 4) is 0 Å². The van der Waals surface area contributed by atoms with Crippen molar-refractivity contribution in [3.63, 3.8) is 0 Å². The smallest absolute Gasteiger partial charge is 0.216 e. The highest BCUT2D eigenvalue weighted by atomic mass is 32.2. The third-order valence-corrected chi connectivity index (χ3v) is 8.16. The van der Waals surface area contributed by atoms with Crippen LogP contribution in [0, 0.1) is 5.92 Å². The Kier molecular flexibility index (Phi) is 5.42. The Morgan fingerprint density at radius 1 is 1.12 bits per heavy atom. The summed E-state index contributed by atoms with van der Waals surface area (Å²) in [6.45, 7) is 6.19. The number of hydrogen-bond donors (Lipinski definition) is 2. The monoisotopic (exact) mass is 380 g/mol. The van der Waals surface area contributed by atoms with Gasteiger partial charge in [0, 0.05) is 23.0 Å². The van der Waals surface area contributed by atoms with Gasteiger partial charge in [-0.15, -0.1) is 11.3 Å². The van der Waals surface area contributed by atoms with Crippen molar-refractivity contribution in [3.05, 3.63) is 29.6 Å². The van der Waals surface area contributed by atoms with Gasteiger partial charge in [-0.3, -0.25) is 0 Å². The number of anilines is 1. The molecule has 1 saturated carbocycles. The lowest BCUT2D eigenvalue weighted by Crippen LogP contribution is -2.46. The molecule has 0 radical (unpaired) electrons. The van der Waals surface area contributed by atoms with E-state index in [9.17, 15) is 8.42 Å². The normalized spacial score (nSPS) is 22.2. The van der Waals surface area contributed by atoms with Crippen molar-refractivity contribution in [2.45, 2.75) is 57.2 Å². The van der Waals surface area contributed by atoms with Crippen LogP contribution in [-0.4, -0.2) is 25.8 Å². The van der Waals surface area contributed by atoms with Gasteiger partial charge in [-0.1, -0.05) is 6.07 Å². The number of nitrogens with one attached hydrogen (secondary N) is 2. The number of fused-ring (bicyclic) bond motifs is 1. The van der Waals surface area contributed by atoms with Crippen molar-refractivity contribution in [2.24, 2.45) is 5.92 Å². The first-order valence-electron chi connectivity index (χ1n) is 8.97. The van der Waals surface area contributed by atoms with Crippen LogP contribution >= 0.6 is 11.3 Å². The van der Waals surface area contributed by atoms with Gasteiger partial charge in [0.15, 0.2) is 0 Å². The molecular weight excluding hydrogens is 352 g/mol. The minimum atomic E-state index is -3.25. The second-order valence-corrected chi connectivity index (χ2v) is 11.4. The highest BCUT2D eigenvalue weighted by molar-refractivity contribution is 7.90. The minimum Gasteiger partial charge on any atom is -0.385 e. The van der Waals surface area contributed by atoms with Crippen LogP contribution in [0.2, 0.25) is 0 Å². The van der Waals surface area contributed by atoms with Crippen LogP contribution in [0.4, 0.5) is 5.69 Å². The molecule has 0 unspecified atom stereocenters. The zero-order valence-electron chi connectivity index (χ0n) is 15.2. The molecule has 2 N–H and O–H groups in total. The molecule has 4 nitrogen and oxygen atoms in total. The first-order valence-corrected chi connectivity index (χ1v) is 11.3. The van der Waals surface area contributed by atoms with Crippen LogP contribution in [0.1, 0.15) is 46.5 Å². The Hall–Kier alpha value is -1.11. The highest BCUT2D eigenvalue weighted by Crippen LogP contribution is 2.28. The quantitative estimate of drug-likeness (QED) is 0.797. The van der Waals surface area contributed by atoms with Gasteiger partial charge in [-0.2, -0.15) is 0 Å². The predicted molar refractivity (Wildman–Crippen MR) is 108 cm³/mol.